The van der Waals surface area contributed by atoms with Crippen molar-refractivity contribution in [1.29, 1.82) is 5.26 Å². The van der Waals surface area contributed by atoms with E-state index in [9.17, 15) is 18.0 Å². The van der Waals surface area contributed by atoms with Crippen molar-refractivity contribution in [1.82, 2.24) is 14.7 Å². The van der Waals surface area contributed by atoms with Gasteiger partial charge in [0.15, 0.2) is 0 Å². The van der Waals surface area contributed by atoms with E-state index in [0.29, 0.717) is 11.3 Å². The lowest BCUT2D eigenvalue weighted by atomic mass is 10.2. The molecule has 32 heavy (non-hydrogen) atoms. The first-order valence-electron chi connectivity index (χ1n) is 8.92. The number of carbonyl (C=O) groups excluding carboxylic acids is 2. The fourth-order valence-corrected chi connectivity index (χ4v) is 3.35. The molecule has 0 aliphatic heterocycles. The summed E-state index contributed by atoms with van der Waals surface area (Å²) >= 11 is 0. The van der Waals surface area contributed by atoms with Crippen LogP contribution in [0.5, 0.6) is 5.75 Å². The molecule has 0 aliphatic carbocycles. The molecule has 0 bridgehead atoms. The summed E-state index contributed by atoms with van der Waals surface area (Å²) in [5, 5.41) is 13.5. The molecule has 3 rings (SSSR count). The van der Waals surface area contributed by atoms with Crippen LogP contribution in [0.4, 0.5) is 16.4 Å². The highest BCUT2D eigenvalue weighted by atomic mass is 32.2. The van der Waals surface area contributed by atoms with Gasteiger partial charge in [0.1, 0.15) is 5.75 Å². The summed E-state index contributed by atoms with van der Waals surface area (Å²) in [4.78, 5) is 32.0. The number of rotatable bonds is 6. The molecule has 0 saturated carbocycles. The van der Waals surface area contributed by atoms with Crippen molar-refractivity contribution in [3.05, 3.63) is 72.1 Å². The van der Waals surface area contributed by atoms with Gasteiger partial charge in [0.05, 0.1) is 41.7 Å². The van der Waals surface area contributed by atoms with Gasteiger partial charge in [0.25, 0.3) is 15.9 Å². The number of nitrogens with zero attached hydrogens (tertiary/aromatic N) is 3. The molecular weight excluding hydrogens is 436 g/mol. The maximum Gasteiger partial charge on any atom is 0.333 e. The Labute approximate surface area is 183 Å². The lowest BCUT2D eigenvalue weighted by Gasteiger charge is -2.09. The molecule has 0 atom stereocenters. The normalized spacial score (nSPS) is 10.5. The molecule has 1 aromatic heterocycles. The Morgan fingerprint density at radius 1 is 1.03 bits per heavy atom. The van der Waals surface area contributed by atoms with Gasteiger partial charge in [-0.05, 0) is 42.5 Å². The average Bonchev–Trinajstić information content (AvgIpc) is 2.80. The van der Waals surface area contributed by atoms with Gasteiger partial charge in [0.2, 0.25) is 5.95 Å². The number of hydrogen-bond acceptors (Lipinski definition) is 8. The Morgan fingerprint density at radius 3 is 2.34 bits per heavy atom. The molecule has 0 radical (unpaired) electrons. The average molecular weight is 452 g/mol. The van der Waals surface area contributed by atoms with Crippen LogP contribution < -0.4 is 20.1 Å². The van der Waals surface area contributed by atoms with Gasteiger partial charge in [-0.25, -0.2) is 27.9 Å². The Bertz CT molecular complexity index is 1290. The standard InChI is InChI=1S/C20H16N6O5S/c1-31-16-4-2-3-14(9-16)18(27)25-19-22-11-15(12-23-19)24-20(28)26-32(29,30)17-7-5-13(10-21)6-8-17/h2-9,11-12H,1H3,(H2,24,26,28)(H,22,23,25,27). The van der Waals surface area contributed by atoms with Gasteiger partial charge in [-0.1, -0.05) is 6.07 Å². The highest BCUT2D eigenvalue weighted by molar-refractivity contribution is 7.90. The number of sulfonamides is 1. The van der Waals surface area contributed by atoms with Crippen LogP contribution in [0.1, 0.15) is 15.9 Å². The second-order valence-corrected chi connectivity index (χ2v) is 7.86. The predicted octanol–water partition coefficient (Wildman–Crippen LogP) is 2.12. The summed E-state index contributed by atoms with van der Waals surface area (Å²) in [5.41, 5.74) is 0.712. The molecule has 0 unspecified atom stereocenters. The van der Waals surface area contributed by atoms with Crippen LogP contribution in [0.3, 0.4) is 0 Å². The quantitative estimate of drug-likeness (QED) is 0.512. The Morgan fingerprint density at radius 2 is 1.72 bits per heavy atom. The highest BCUT2D eigenvalue weighted by Crippen LogP contribution is 2.14. The minimum atomic E-state index is -4.14. The summed E-state index contributed by atoms with van der Waals surface area (Å²) in [6, 6.07) is 12.4. The number of hydrogen-bond donors (Lipinski definition) is 3. The molecule has 3 aromatic rings. The van der Waals surface area contributed by atoms with Gasteiger partial charge in [-0.3, -0.25) is 10.1 Å². The number of benzene rings is 2. The number of nitrogens with one attached hydrogen (secondary N) is 3. The number of amides is 3. The van der Waals surface area contributed by atoms with Gasteiger partial charge in [-0.15, -0.1) is 0 Å². The summed E-state index contributed by atoms with van der Waals surface area (Å²) < 4.78 is 31.4. The van der Waals surface area contributed by atoms with Crippen molar-refractivity contribution in [3.8, 4) is 11.8 Å². The van der Waals surface area contributed by atoms with E-state index in [1.165, 1.54) is 43.8 Å². The van der Waals surface area contributed by atoms with E-state index in [2.05, 4.69) is 20.6 Å². The molecule has 0 fully saturated rings. The Hall–Kier alpha value is -4.50. The summed E-state index contributed by atoms with van der Waals surface area (Å²) in [7, 11) is -2.66. The Balaban J connectivity index is 1.60. The monoisotopic (exact) mass is 452 g/mol. The van der Waals surface area contributed by atoms with Gasteiger partial charge < -0.3 is 10.1 Å². The van der Waals surface area contributed by atoms with Gasteiger partial charge in [-0.2, -0.15) is 5.26 Å². The molecule has 0 spiro atoms. The minimum Gasteiger partial charge on any atom is -0.497 e. The van der Waals surface area contributed by atoms with Crippen LogP contribution in [0.15, 0.2) is 65.8 Å². The molecule has 3 N–H and O–H groups in total. The van der Waals surface area contributed by atoms with E-state index in [4.69, 9.17) is 10.00 Å². The van der Waals surface area contributed by atoms with Crippen molar-refractivity contribution in [2.24, 2.45) is 0 Å². The molecule has 0 aliphatic rings. The van der Waals surface area contributed by atoms with Crippen LogP contribution in [0.2, 0.25) is 0 Å². The SMILES string of the molecule is COc1cccc(C(=O)Nc2ncc(NC(=O)NS(=O)(=O)c3ccc(C#N)cc3)cn2)c1. The molecule has 2 aromatic carbocycles. The summed E-state index contributed by atoms with van der Waals surface area (Å²) in [5.74, 6) is 0.0323. The van der Waals surface area contributed by atoms with Crippen molar-refractivity contribution in [2.75, 3.05) is 17.7 Å². The largest absolute Gasteiger partial charge is 0.497 e. The number of methoxy groups -OCH3 is 1. The van der Waals surface area contributed by atoms with Crippen LogP contribution in [-0.4, -0.2) is 37.4 Å². The predicted molar refractivity (Wildman–Crippen MR) is 113 cm³/mol. The van der Waals surface area contributed by atoms with Crippen LogP contribution in [0.25, 0.3) is 0 Å². The van der Waals surface area contributed by atoms with Crippen molar-refractivity contribution < 1.29 is 22.7 Å². The zero-order valence-electron chi connectivity index (χ0n) is 16.6. The zero-order valence-corrected chi connectivity index (χ0v) is 17.4. The van der Waals surface area contributed by atoms with E-state index in [0.717, 1.165) is 0 Å². The van der Waals surface area contributed by atoms with Crippen molar-refractivity contribution >= 4 is 33.6 Å². The number of aromatic nitrogens is 2. The summed E-state index contributed by atoms with van der Waals surface area (Å²) in [6.07, 6.45) is 2.39. The number of anilines is 2. The van der Waals surface area contributed by atoms with Crippen LogP contribution >= 0.6 is 0 Å². The molecule has 3 amide bonds. The van der Waals surface area contributed by atoms with Gasteiger partial charge >= 0.3 is 6.03 Å². The van der Waals surface area contributed by atoms with E-state index in [1.807, 2.05) is 10.8 Å². The van der Waals surface area contributed by atoms with E-state index >= 15 is 0 Å². The minimum absolute atomic E-state index is 0.0195. The molecule has 162 valence electrons. The first-order valence-corrected chi connectivity index (χ1v) is 10.4. The second-order valence-electron chi connectivity index (χ2n) is 6.18. The third-order valence-corrected chi connectivity index (χ3v) is 5.33. The molecular formula is C20H16N6O5S. The lowest BCUT2D eigenvalue weighted by molar-refractivity contribution is 0.102. The van der Waals surface area contributed by atoms with E-state index in [-0.39, 0.29) is 22.1 Å². The first kappa shape index (κ1) is 22.2. The number of ether oxygens (including phenoxy) is 1. The zero-order chi connectivity index (χ0) is 23.1. The van der Waals surface area contributed by atoms with E-state index in [1.54, 1.807) is 24.3 Å². The maximum absolute atomic E-state index is 12.3. The third-order valence-electron chi connectivity index (χ3n) is 3.99. The molecule has 11 nitrogen and oxygen atoms in total. The fourth-order valence-electron chi connectivity index (χ4n) is 2.44. The van der Waals surface area contributed by atoms with Gasteiger partial charge in [0, 0.05) is 5.56 Å². The summed E-state index contributed by atoms with van der Waals surface area (Å²) in [6.45, 7) is 0. The van der Waals surface area contributed by atoms with Crippen molar-refractivity contribution in [2.45, 2.75) is 4.90 Å². The third kappa shape index (κ3) is 5.55. The van der Waals surface area contributed by atoms with Crippen LogP contribution in [0, 0.1) is 11.3 Å². The first-order chi connectivity index (χ1) is 15.3. The number of carbonyl (C=O) groups is 2. The Kier molecular flexibility index (Phi) is 6.62. The lowest BCUT2D eigenvalue weighted by Crippen LogP contribution is -2.34. The number of nitriles is 1. The second kappa shape index (κ2) is 9.54. The molecule has 12 heteroatoms. The molecule has 1 heterocycles. The van der Waals surface area contributed by atoms with Crippen molar-refractivity contribution in [3.63, 3.8) is 0 Å². The number of urea groups is 1. The van der Waals surface area contributed by atoms with E-state index < -0.39 is 22.0 Å². The maximum atomic E-state index is 12.3. The highest BCUT2D eigenvalue weighted by Gasteiger charge is 2.18. The smallest absolute Gasteiger partial charge is 0.333 e. The topological polar surface area (TPSA) is 163 Å². The molecule has 0 saturated heterocycles. The fraction of sp³-hybridized carbons (Fsp3) is 0.0500. The van der Waals surface area contributed by atoms with Crippen LogP contribution in [-0.2, 0) is 10.0 Å².